The van der Waals surface area contributed by atoms with E-state index in [-0.39, 0.29) is 18.0 Å². The Hall–Kier alpha value is -2.15. The van der Waals surface area contributed by atoms with E-state index in [0.29, 0.717) is 6.42 Å². The van der Waals surface area contributed by atoms with Crippen LogP contribution in [0, 0.1) is 13.8 Å². The van der Waals surface area contributed by atoms with E-state index in [4.69, 9.17) is 0 Å². The van der Waals surface area contributed by atoms with Gasteiger partial charge in [0, 0.05) is 50.1 Å². The van der Waals surface area contributed by atoms with Crippen molar-refractivity contribution in [3.8, 4) is 11.3 Å². The molecular weight excluding hydrogens is 404 g/mol. The molecule has 0 saturated carbocycles. The first kappa shape index (κ1) is 22.1. The number of amides is 1. The molecule has 1 unspecified atom stereocenters. The summed E-state index contributed by atoms with van der Waals surface area (Å²) in [6.45, 7) is 12.3. The quantitative estimate of drug-likeness (QED) is 0.517. The summed E-state index contributed by atoms with van der Waals surface area (Å²) >= 11 is 1.75. The average Bonchev–Trinajstić information content (AvgIpc) is 3.29. The van der Waals surface area contributed by atoms with Gasteiger partial charge in [0.05, 0.1) is 5.69 Å². The van der Waals surface area contributed by atoms with Crippen LogP contribution in [0.2, 0.25) is 0 Å². The molecule has 1 aliphatic rings. The summed E-state index contributed by atoms with van der Waals surface area (Å²) in [7, 11) is 0. The number of benzene rings is 1. The van der Waals surface area contributed by atoms with E-state index in [2.05, 4.69) is 64.0 Å². The minimum atomic E-state index is 0.142. The molecule has 31 heavy (non-hydrogen) atoms. The van der Waals surface area contributed by atoms with Crippen LogP contribution in [0.3, 0.4) is 0 Å². The largest absolute Gasteiger partial charge is 0.354 e. The van der Waals surface area contributed by atoms with Gasteiger partial charge in [0.15, 0.2) is 0 Å². The summed E-state index contributed by atoms with van der Waals surface area (Å²) in [5.74, 6) is 0.142. The van der Waals surface area contributed by atoms with E-state index in [1.165, 1.54) is 38.2 Å². The molecule has 1 aromatic carbocycles. The molecule has 6 heteroatoms. The van der Waals surface area contributed by atoms with E-state index in [1.54, 1.807) is 11.3 Å². The lowest BCUT2D eigenvalue weighted by Gasteiger charge is -2.35. The van der Waals surface area contributed by atoms with E-state index >= 15 is 0 Å². The number of hydrogen-bond acceptors (Lipinski definition) is 4. The number of carbonyl (C=O) groups excluding carboxylic acids is 1. The SMILES string of the molecule is Cc1cc(C)cc(-c2[nH]c3sccc3c2CC(CC(=O)NC(C)C)N2CCNCC2)c1. The van der Waals surface area contributed by atoms with Crippen molar-refractivity contribution in [3.05, 3.63) is 46.3 Å². The van der Waals surface area contributed by atoms with Crippen molar-refractivity contribution in [1.29, 1.82) is 0 Å². The molecule has 1 fully saturated rings. The number of carbonyl (C=O) groups is 1. The Morgan fingerprint density at radius 2 is 1.87 bits per heavy atom. The predicted molar refractivity (Wildman–Crippen MR) is 131 cm³/mol. The van der Waals surface area contributed by atoms with Crippen LogP contribution in [-0.4, -0.2) is 54.1 Å². The van der Waals surface area contributed by atoms with Gasteiger partial charge in [0.1, 0.15) is 4.83 Å². The lowest BCUT2D eigenvalue weighted by Crippen LogP contribution is -2.50. The molecule has 1 amide bonds. The van der Waals surface area contributed by atoms with Gasteiger partial charge in [0.2, 0.25) is 5.91 Å². The summed E-state index contributed by atoms with van der Waals surface area (Å²) in [6, 6.07) is 9.31. The molecule has 0 bridgehead atoms. The van der Waals surface area contributed by atoms with Crippen LogP contribution in [0.1, 0.15) is 37.0 Å². The number of nitrogens with zero attached hydrogens (tertiary/aromatic N) is 1. The van der Waals surface area contributed by atoms with Gasteiger partial charge >= 0.3 is 0 Å². The minimum Gasteiger partial charge on any atom is -0.354 e. The summed E-state index contributed by atoms with van der Waals surface area (Å²) in [5.41, 5.74) is 6.32. The average molecular weight is 439 g/mol. The second-order valence-corrected chi connectivity index (χ2v) is 10.0. The van der Waals surface area contributed by atoms with E-state index in [1.807, 2.05) is 13.8 Å². The highest BCUT2D eigenvalue weighted by Crippen LogP contribution is 2.35. The Morgan fingerprint density at radius 1 is 1.16 bits per heavy atom. The van der Waals surface area contributed by atoms with Crippen molar-refractivity contribution in [2.75, 3.05) is 26.2 Å². The number of hydrogen-bond donors (Lipinski definition) is 3. The Balaban J connectivity index is 1.70. The molecule has 3 aromatic rings. The van der Waals surface area contributed by atoms with Crippen molar-refractivity contribution in [3.63, 3.8) is 0 Å². The van der Waals surface area contributed by atoms with Crippen LogP contribution >= 0.6 is 11.3 Å². The fourth-order valence-electron chi connectivity index (χ4n) is 4.75. The van der Waals surface area contributed by atoms with Gasteiger partial charge in [0.25, 0.3) is 0 Å². The number of aromatic nitrogens is 1. The third-order valence-electron chi connectivity index (χ3n) is 6.02. The zero-order chi connectivity index (χ0) is 22.0. The molecule has 3 heterocycles. The van der Waals surface area contributed by atoms with Crippen LogP contribution in [0.15, 0.2) is 29.6 Å². The van der Waals surface area contributed by atoms with Crippen molar-refractivity contribution in [2.24, 2.45) is 0 Å². The molecular formula is C25H34N4OS. The number of H-pyrrole nitrogens is 1. The fourth-order valence-corrected chi connectivity index (χ4v) is 5.57. The second kappa shape index (κ2) is 9.55. The van der Waals surface area contributed by atoms with Gasteiger partial charge in [-0.25, -0.2) is 0 Å². The van der Waals surface area contributed by atoms with E-state index < -0.39 is 0 Å². The molecule has 2 aromatic heterocycles. The normalized spacial score (nSPS) is 16.2. The molecule has 3 N–H and O–H groups in total. The highest BCUT2D eigenvalue weighted by molar-refractivity contribution is 7.16. The van der Waals surface area contributed by atoms with Gasteiger partial charge in [-0.3, -0.25) is 9.69 Å². The lowest BCUT2D eigenvalue weighted by molar-refractivity contribution is -0.122. The Labute approximate surface area is 189 Å². The van der Waals surface area contributed by atoms with Crippen molar-refractivity contribution in [2.45, 2.75) is 52.6 Å². The van der Waals surface area contributed by atoms with Crippen molar-refractivity contribution < 1.29 is 4.79 Å². The molecule has 5 nitrogen and oxygen atoms in total. The number of aryl methyl sites for hydroxylation is 2. The topological polar surface area (TPSA) is 60.2 Å². The Morgan fingerprint density at radius 3 is 2.55 bits per heavy atom. The first-order valence-electron chi connectivity index (χ1n) is 11.3. The zero-order valence-corrected chi connectivity index (χ0v) is 19.9. The number of fused-ring (bicyclic) bond motifs is 1. The molecule has 0 aliphatic carbocycles. The first-order valence-corrected chi connectivity index (χ1v) is 12.2. The molecule has 0 spiro atoms. The number of aromatic amines is 1. The maximum absolute atomic E-state index is 12.7. The van der Waals surface area contributed by atoms with Crippen molar-refractivity contribution >= 4 is 27.5 Å². The molecule has 1 atom stereocenters. The van der Waals surface area contributed by atoms with Gasteiger partial charge in [-0.05, 0) is 68.8 Å². The van der Waals surface area contributed by atoms with Gasteiger partial charge < -0.3 is 15.6 Å². The highest BCUT2D eigenvalue weighted by atomic mass is 32.1. The monoisotopic (exact) mass is 438 g/mol. The van der Waals surface area contributed by atoms with Crippen molar-refractivity contribution in [1.82, 2.24) is 20.5 Å². The number of rotatable bonds is 7. The second-order valence-electron chi connectivity index (χ2n) is 9.09. The smallest absolute Gasteiger partial charge is 0.221 e. The maximum atomic E-state index is 12.7. The van der Waals surface area contributed by atoms with Crippen LogP contribution in [0.5, 0.6) is 0 Å². The molecule has 1 aliphatic heterocycles. The van der Waals surface area contributed by atoms with Crippen LogP contribution < -0.4 is 10.6 Å². The van der Waals surface area contributed by atoms with E-state index in [9.17, 15) is 4.79 Å². The number of piperazine rings is 1. The van der Waals surface area contributed by atoms with Crippen LogP contribution in [-0.2, 0) is 11.2 Å². The first-order chi connectivity index (χ1) is 14.9. The van der Waals surface area contributed by atoms with Crippen LogP contribution in [0.25, 0.3) is 21.5 Å². The summed E-state index contributed by atoms with van der Waals surface area (Å²) in [6.07, 6.45) is 1.39. The van der Waals surface area contributed by atoms with Gasteiger partial charge in [-0.15, -0.1) is 11.3 Å². The third-order valence-corrected chi connectivity index (χ3v) is 6.85. The van der Waals surface area contributed by atoms with Gasteiger partial charge in [-0.1, -0.05) is 17.2 Å². The molecule has 4 rings (SSSR count). The molecule has 1 saturated heterocycles. The lowest BCUT2D eigenvalue weighted by atomic mass is 9.95. The number of nitrogens with one attached hydrogen (secondary N) is 3. The minimum absolute atomic E-state index is 0.142. The Bertz CT molecular complexity index is 1020. The Kier molecular flexibility index (Phi) is 6.80. The summed E-state index contributed by atoms with van der Waals surface area (Å²) in [4.78, 5) is 20.1. The maximum Gasteiger partial charge on any atom is 0.221 e. The third kappa shape index (κ3) is 5.20. The summed E-state index contributed by atoms with van der Waals surface area (Å²) in [5, 5.41) is 9.99. The molecule has 166 valence electrons. The predicted octanol–water partition coefficient (Wildman–Crippen LogP) is 4.24. The standard InChI is InChI=1S/C25H34N4OS/c1-16(2)27-23(30)15-20(29-8-6-26-7-9-29)14-22-21-5-10-31-25(21)28-24(22)19-12-17(3)11-18(4)13-19/h5,10-13,16,20,26,28H,6-9,14-15H2,1-4H3,(H,27,30). The zero-order valence-electron chi connectivity index (χ0n) is 19.0. The fraction of sp³-hybridized carbons (Fsp3) is 0.480. The van der Waals surface area contributed by atoms with Gasteiger partial charge in [-0.2, -0.15) is 0 Å². The van der Waals surface area contributed by atoms with Crippen LogP contribution in [0.4, 0.5) is 0 Å². The molecule has 0 radical (unpaired) electrons. The highest BCUT2D eigenvalue weighted by Gasteiger charge is 2.26. The number of thiophene rings is 1. The van der Waals surface area contributed by atoms with E-state index in [0.717, 1.165) is 32.6 Å². The summed E-state index contributed by atoms with van der Waals surface area (Å²) < 4.78 is 0.